The standard InChI is InChI=1S/C15H26N4O/c1-12(11-19-9-3-2-4-10-19)16-8-7-14-17-15(18-20-14)13-5-6-13/h12-13,16H,2-11H2,1H3/t12-/m0/s1. The molecule has 112 valence electrons. The highest BCUT2D eigenvalue weighted by Gasteiger charge is 2.28. The van der Waals surface area contributed by atoms with Gasteiger partial charge < -0.3 is 14.7 Å². The fourth-order valence-corrected chi connectivity index (χ4v) is 2.90. The molecule has 0 spiro atoms. The molecule has 1 atom stereocenters. The third-order valence-corrected chi connectivity index (χ3v) is 4.24. The number of rotatable bonds is 7. The summed E-state index contributed by atoms with van der Waals surface area (Å²) in [6, 6.07) is 0.527. The summed E-state index contributed by atoms with van der Waals surface area (Å²) in [4.78, 5) is 7.03. The van der Waals surface area contributed by atoms with Crippen LogP contribution < -0.4 is 5.32 Å². The first-order valence-electron chi connectivity index (χ1n) is 8.09. The number of aromatic nitrogens is 2. The molecule has 3 rings (SSSR count). The normalized spacial score (nSPS) is 22.1. The van der Waals surface area contributed by atoms with Crippen LogP contribution in [0.3, 0.4) is 0 Å². The Labute approximate surface area is 121 Å². The van der Waals surface area contributed by atoms with Crippen LogP contribution >= 0.6 is 0 Å². The maximum absolute atomic E-state index is 5.29. The van der Waals surface area contributed by atoms with Gasteiger partial charge >= 0.3 is 0 Å². The van der Waals surface area contributed by atoms with Crippen LogP contribution in [-0.2, 0) is 6.42 Å². The molecule has 2 aliphatic rings. The van der Waals surface area contributed by atoms with E-state index < -0.39 is 0 Å². The molecule has 5 nitrogen and oxygen atoms in total. The molecule has 1 aliphatic heterocycles. The molecule has 1 aromatic rings. The van der Waals surface area contributed by atoms with Crippen molar-refractivity contribution in [3.63, 3.8) is 0 Å². The lowest BCUT2D eigenvalue weighted by Gasteiger charge is -2.29. The van der Waals surface area contributed by atoms with Gasteiger partial charge in [0.15, 0.2) is 5.82 Å². The maximum Gasteiger partial charge on any atom is 0.227 e. The van der Waals surface area contributed by atoms with E-state index in [1.165, 1.54) is 45.2 Å². The van der Waals surface area contributed by atoms with Crippen molar-refractivity contribution in [2.75, 3.05) is 26.2 Å². The smallest absolute Gasteiger partial charge is 0.227 e. The summed E-state index contributed by atoms with van der Waals surface area (Å²) in [6.45, 7) is 6.86. The number of hydrogen-bond acceptors (Lipinski definition) is 5. The molecule has 2 heterocycles. The number of likely N-dealkylation sites (tertiary alicyclic amines) is 1. The maximum atomic E-state index is 5.29. The van der Waals surface area contributed by atoms with Gasteiger partial charge in [-0.3, -0.25) is 0 Å². The van der Waals surface area contributed by atoms with E-state index in [0.29, 0.717) is 12.0 Å². The van der Waals surface area contributed by atoms with Gasteiger partial charge in [0, 0.05) is 31.5 Å². The Hall–Kier alpha value is -0.940. The molecule has 0 amide bonds. The van der Waals surface area contributed by atoms with E-state index in [9.17, 15) is 0 Å². The lowest BCUT2D eigenvalue weighted by Crippen LogP contribution is -2.42. The van der Waals surface area contributed by atoms with Crippen LogP contribution in [0.4, 0.5) is 0 Å². The minimum Gasteiger partial charge on any atom is -0.339 e. The summed E-state index contributed by atoms with van der Waals surface area (Å²) in [6.07, 6.45) is 7.41. The van der Waals surface area contributed by atoms with E-state index in [4.69, 9.17) is 4.52 Å². The molecule has 1 saturated carbocycles. The zero-order valence-corrected chi connectivity index (χ0v) is 12.5. The molecule has 1 saturated heterocycles. The van der Waals surface area contributed by atoms with E-state index >= 15 is 0 Å². The quantitative estimate of drug-likeness (QED) is 0.826. The van der Waals surface area contributed by atoms with Gasteiger partial charge in [0.25, 0.3) is 0 Å². The Balaban J connectivity index is 1.33. The molecule has 20 heavy (non-hydrogen) atoms. The predicted molar refractivity (Wildman–Crippen MR) is 77.7 cm³/mol. The van der Waals surface area contributed by atoms with Crippen LogP contribution in [0.1, 0.15) is 56.7 Å². The minimum absolute atomic E-state index is 0.527. The fraction of sp³-hybridized carbons (Fsp3) is 0.867. The van der Waals surface area contributed by atoms with Gasteiger partial charge in [0.2, 0.25) is 5.89 Å². The van der Waals surface area contributed by atoms with Crippen molar-refractivity contribution in [1.29, 1.82) is 0 Å². The second-order valence-electron chi connectivity index (χ2n) is 6.29. The first kappa shape index (κ1) is 14.0. The largest absolute Gasteiger partial charge is 0.339 e. The Morgan fingerprint density at radius 1 is 1.30 bits per heavy atom. The SMILES string of the molecule is C[C@@H](CN1CCCCC1)NCCc1nc(C2CC2)no1. The first-order valence-corrected chi connectivity index (χ1v) is 8.09. The highest BCUT2D eigenvalue weighted by atomic mass is 16.5. The molecule has 2 fully saturated rings. The van der Waals surface area contributed by atoms with Gasteiger partial charge in [-0.15, -0.1) is 0 Å². The monoisotopic (exact) mass is 278 g/mol. The number of piperidine rings is 1. The average Bonchev–Trinajstić information content (AvgIpc) is 3.20. The van der Waals surface area contributed by atoms with Crippen LogP contribution in [0, 0.1) is 0 Å². The van der Waals surface area contributed by atoms with Crippen molar-refractivity contribution < 1.29 is 4.52 Å². The number of nitrogens with one attached hydrogen (secondary N) is 1. The van der Waals surface area contributed by atoms with Crippen LogP contribution in [-0.4, -0.2) is 47.3 Å². The Morgan fingerprint density at radius 3 is 2.85 bits per heavy atom. The van der Waals surface area contributed by atoms with Crippen molar-refractivity contribution >= 4 is 0 Å². The molecule has 1 aromatic heterocycles. The van der Waals surface area contributed by atoms with Crippen LogP contribution in [0.25, 0.3) is 0 Å². The first-order chi connectivity index (χ1) is 9.81. The summed E-state index contributed by atoms with van der Waals surface area (Å²) in [5.74, 6) is 2.28. The van der Waals surface area contributed by atoms with Crippen molar-refractivity contribution in [3.05, 3.63) is 11.7 Å². The number of hydrogen-bond donors (Lipinski definition) is 1. The van der Waals surface area contributed by atoms with Gasteiger partial charge in [-0.1, -0.05) is 11.6 Å². The second kappa shape index (κ2) is 6.68. The van der Waals surface area contributed by atoms with Gasteiger partial charge in [0.1, 0.15) is 0 Å². The Bertz CT molecular complexity index is 410. The van der Waals surface area contributed by atoms with Crippen LogP contribution in [0.2, 0.25) is 0 Å². The molecule has 0 bridgehead atoms. The van der Waals surface area contributed by atoms with Crippen molar-refractivity contribution in [3.8, 4) is 0 Å². The van der Waals surface area contributed by atoms with Gasteiger partial charge in [0.05, 0.1) is 0 Å². The summed E-state index contributed by atoms with van der Waals surface area (Å²) in [5.41, 5.74) is 0. The van der Waals surface area contributed by atoms with E-state index in [2.05, 4.69) is 27.3 Å². The molecule has 0 unspecified atom stereocenters. The molecular formula is C15H26N4O. The van der Waals surface area contributed by atoms with Crippen LogP contribution in [0.5, 0.6) is 0 Å². The zero-order valence-electron chi connectivity index (χ0n) is 12.5. The third-order valence-electron chi connectivity index (χ3n) is 4.24. The highest BCUT2D eigenvalue weighted by Crippen LogP contribution is 2.38. The summed E-state index contributed by atoms with van der Waals surface area (Å²) < 4.78 is 5.29. The summed E-state index contributed by atoms with van der Waals surface area (Å²) in [7, 11) is 0. The second-order valence-corrected chi connectivity index (χ2v) is 6.29. The molecule has 1 aliphatic carbocycles. The van der Waals surface area contributed by atoms with Crippen molar-refractivity contribution in [2.45, 2.75) is 57.4 Å². The minimum atomic E-state index is 0.527. The highest BCUT2D eigenvalue weighted by molar-refractivity contribution is 5.03. The predicted octanol–water partition coefficient (Wildman–Crippen LogP) is 1.95. The molecular weight excluding hydrogens is 252 g/mol. The molecule has 5 heteroatoms. The van der Waals surface area contributed by atoms with Gasteiger partial charge in [-0.05, 0) is 45.7 Å². The van der Waals surface area contributed by atoms with E-state index in [1.54, 1.807) is 0 Å². The van der Waals surface area contributed by atoms with Crippen molar-refractivity contribution in [1.82, 2.24) is 20.4 Å². The molecule has 1 N–H and O–H groups in total. The Kier molecular flexibility index (Phi) is 4.68. The zero-order chi connectivity index (χ0) is 13.8. The summed E-state index contributed by atoms with van der Waals surface area (Å²) >= 11 is 0. The topological polar surface area (TPSA) is 54.2 Å². The fourth-order valence-electron chi connectivity index (χ4n) is 2.90. The lowest BCUT2D eigenvalue weighted by atomic mass is 10.1. The van der Waals surface area contributed by atoms with Crippen LogP contribution in [0.15, 0.2) is 4.52 Å². The van der Waals surface area contributed by atoms with E-state index in [0.717, 1.165) is 31.2 Å². The summed E-state index contributed by atoms with van der Waals surface area (Å²) in [5, 5.41) is 7.61. The van der Waals surface area contributed by atoms with Gasteiger partial charge in [-0.25, -0.2) is 0 Å². The lowest BCUT2D eigenvalue weighted by molar-refractivity contribution is 0.209. The third kappa shape index (κ3) is 4.03. The average molecular weight is 278 g/mol. The van der Waals surface area contributed by atoms with E-state index in [1.807, 2.05) is 0 Å². The Morgan fingerprint density at radius 2 is 2.10 bits per heavy atom. The van der Waals surface area contributed by atoms with Crippen molar-refractivity contribution in [2.24, 2.45) is 0 Å². The molecule has 0 radical (unpaired) electrons. The molecule has 0 aromatic carbocycles. The van der Waals surface area contributed by atoms with E-state index in [-0.39, 0.29) is 0 Å². The van der Waals surface area contributed by atoms with Gasteiger partial charge in [-0.2, -0.15) is 4.98 Å². The number of nitrogens with zero attached hydrogens (tertiary/aromatic N) is 3.